The van der Waals surface area contributed by atoms with E-state index < -0.39 is 17.5 Å². The third-order valence-electron chi connectivity index (χ3n) is 8.11. The molecule has 3 atom stereocenters. The summed E-state index contributed by atoms with van der Waals surface area (Å²) >= 11 is 0. The van der Waals surface area contributed by atoms with Crippen molar-refractivity contribution in [1.82, 2.24) is 19.7 Å². The van der Waals surface area contributed by atoms with Crippen LogP contribution in [0.25, 0.3) is 21.9 Å². The predicted octanol–water partition coefficient (Wildman–Crippen LogP) is 5.99. The first kappa shape index (κ1) is 28.6. The Hall–Kier alpha value is -4.54. The number of benzene rings is 1. The van der Waals surface area contributed by atoms with Gasteiger partial charge in [-0.1, -0.05) is 13.3 Å². The molecule has 1 aliphatic heterocycles. The molecule has 2 amide bonds. The van der Waals surface area contributed by atoms with Crippen molar-refractivity contribution in [3.63, 3.8) is 0 Å². The van der Waals surface area contributed by atoms with Crippen molar-refractivity contribution < 1.29 is 23.5 Å². The van der Waals surface area contributed by atoms with Gasteiger partial charge in [-0.3, -0.25) is 14.4 Å². The van der Waals surface area contributed by atoms with Crippen LogP contribution in [0.2, 0.25) is 0 Å². The van der Waals surface area contributed by atoms with Crippen molar-refractivity contribution in [2.75, 3.05) is 23.4 Å². The molecule has 1 aliphatic carbocycles. The highest BCUT2D eigenvalue weighted by molar-refractivity contribution is 5.98. The highest BCUT2D eigenvalue weighted by Gasteiger charge is 2.54. The smallest absolute Gasteiger partial charge is 0.415 e. The normalized spacial score (nSPS) is 19.5. The first-order chi connectivity index (χ1) is 20.4. The molecule has 2 aliphatic rings. The number of nitrogens with zero attached hydrogens (tertiary/aromatic N) is 5. The number of hydrogen-bond donors (Lipinski definition) is 1. The molecular formula is C32H35FN6O4. The molecule has 1 fully saturated rings. The van der Waals surface area contributed by atoms with Crippen LogP contribution in [0.3, 0.4) is 0 Å². The topological polar surface area (TPSA) is 111 Å². The Morgan fingerprint density at radius 3 is 2.60 bits per heavy atom. The van der Waals surface area contributed by atoms with Gasteiger partial charge >= 0.3 is 6.09 Å². The summed E-state index contributed by atoms with van der Waals surface area (Å²) in [5.41, 5.74) is 2.30. The minimum Gasteiger partial charge on any atom is -0.474 e. The van der Waals surface area contributed by atoms with Crippen LogP contribution < -0.4 is 15.0 Å². The number of rotatable bonds is 5. The average Bonchev–Trinajstić information content (AvgIpc) is 3.54. The average molecular weight is 587 g/mol. The van der Waals surface area contributed by atoms with E-state index in [-0.39, 0.29) is 36.8 Å². The zero-order valence-electron chi connectivity index (χ0n) is 25.1. The Kier molecular flexibility index (Phi) is 7.06. The summed E-state index contributed by atoms with van der Waals surface area (Å²) in [5.74, 6) is 0.356. The molecule has 0 saturated heterocycles. The van der Waals surface area contributed by atoms with Crippen molar-refractivity contribution >= 4 is 34.3 Å². The van der Waals surface area contributed by atoms with E-state index in [2.05, 4.69) is 27.3 Å². The van der Waals surface area contributed by atoms with Crippen LogP contribution in [0.5, 0.6) is 5.88 Å². The largest absolute Gasteiger partial charge is 0.474 e. The van der Waals surface area contributed by atoms with Crippen LogP contribution >= 0.6 is 0 Å². The van der Waals surface area contributed by atoms with Crippen LogP contribution in [0.4, 0.5) is 20.7 Å². The van der Waals surface area contributed by atoms with Crippen molar-refractivity contribution in [2.45, 2.75) is 52.6 Å². The third kappa shape index (κ3) is 5.39. The Bertz CT molecular complexity index is 1750. The van der Waals surface area contributed by atoms with Gasteiger partial charge in [0.05, 0.1) is 12.7 Å². The van der Waals surface area contributed by atoms with Crippen LogP contribution in [0.15, 0.2) is 43.0 Å². The van der Waals surface area contributed by atoms with Gasteiger partial charge in [-0.05, 0) is 68.3 Å². The van der Waals surface area contributed by atoms with Crippen LogP contribution in [0.1, 0.15) is 51.2 Å². The minimum absolute atomic E-state index is 0.0909. The molecule has 6 rings (SSSR count). The monoisotopic (exact) mass is 586 g/mol. The zero-order chi connectivity index (χ0) is 30.6. The molecule has 0 spiro atoms. The van der Waals surface area contributed by atoms with E-state index in [0.717, 1.165) is 12.0 Å². The number of aromatic nitrogens is 4. The van der Waals surface area contributed by atoms with Crippen molar-refractivity contribution in [1.29, 1.82) is 0 Å². The van der Waals surface area contributed by atoms with E-state index in [1.807, 2.05) is 26.4 Å². The summed E-state index contributed by atoms with van der Waals surface area (Å²) in [6.45, 7) is 9.85. The second-order valence-electron chi connectivity index (χ2n) is 12.2. The van der Waals surface area contributed by atoms with E-state index in [9.17, 15) is 9.59 Å². The number of fused-ring (bicyclic) bond motifs is 2. The van der Waals surface area contributed by atoms with Gasteiger partial charge in [0.15, 0.2) is 0 Å². The molecular weight excluding hydrogens is 551 g/mol. The number of pyridine rings is 2. The number of halogens is 1. The molecule has 1 saturated carbocycles. The molecule has 224 valence electrons. The number of anilines is 2. The Labute approximate surface area is 249 Å². The van der Waals surface area contributed by atoms with Gasteiger partial charge in [-0.15, -0.1) is 0 Å². The molecule has 3 aromatic heterocycles. The molecule has 11 heteroatoms. The van der Waals surface area contributed by atoms with Gasteiger partial charge in [-0.2, -0.15) is 5.10 Å². The van der Waals surface area contributed by atoms with E-state index in [1.165, 1.54) is 11.0 Å². The molecule has 10 nitrogen and oxygen atoms in total. The summed E-state index contributed by atoms with van der Waals surface area (Å²) in [7, 11) is 1.87. The standard InChI is InChI=1S/C32H35FN6O4/c1-7-21-26(20-14-36-38(6)16-20)27(21)29(40)37-25-12-18-10-22(24(33)11-19(18)13-34-25)23-15-35-30-28(17(23)2)39(8-9-42-30)31(41)43-32(3,4)5/h10-16,21,26-27H,7-9H2,1-6H3,(H,34,37,40)/t21?,26-,27-/m0/s1. The number of carbonyl (C=O) groups excluding carboxylic acids is 2. The van der Waals surface area contributed by atoms with Crippen molar-refractivity contribution in [3.05, 3.63) is 59.9 Å². The van der Waals surface area contributed by atoms with E-state index >= 15 is 4.39 Å². The first-order valence-electron chi connectivity index (χ1n) is 14.5. The molecule has 0 radical (unpaired) electrons. The highest BCUT2D eigenvalue weighted by atomic mass is 19.1. The third-order valence-corrected chi connectivity index (χ3v) is 8.11. The summed E-state index contributed by atoms with van der Waals surface area (Å²) in [6, 6.07) is 4.87. The van der Waals surface area contributed by atoms with E-state index in [1.54, 1.807) is 50.0 Å². The van der Waals surface area contributed by atoms with E-state index in [0.29, 0.717) is 44.8 Å². The second kappa shape index (κ2) is 10.6. The number of nitrogens with one attached hydrogen (secondary N) is 1. The number of carbonyl (C=O) groups is 2. The number of aryl methyl sites for hydroxylation is 1. The van der Waals surface area contributed by atoms with Crippen LogP contribution in [-0.2, 0) is 16.6 Å². The molecule has 1 aromatic carbocycles. The number of hydrogen-bond acceptors (Lipinski definition) is 7. The molecule has 4 heterocycles. The summed E-state index contributed by atoms with van der Waals surface area (Å²) < 4.78 is 28.6. The maximum absolute atomic E-state index is 15.5. The van der Waals surface area contributed by atoms with Crippen LogP contribution in [0, 0.1) is 24.6 Å². The van der Waals surface area contributed by atoms with E-state index in [4.69, 9.17) is 9.47 Å². The lowest BCUT2D eigenvalue weighted by atomic mass is 9.98. The summed E-state index contributed by atoms with van der Waals surface area (Å²) in [6.07, 6.45) is 7.25. The Morgan fingerprint density at radius 2 is 1.91 bits per heavy atom. The fourth-order valence-corrected chi connectivity index (χ4v) is 6.07. The lowest BCUT2D eigenvalue weighted by molar-refractivity contribution is -0.117. The second-order valence-corrected chi connectivity index (χ2v) is 12.2. The van der Waals surface area contributed by atoms with Gasteiger partial charge < -0.3 is 14.8 Å². The molecule has 1 unspecified atom stereocenters. The zero-order valence-corrected chi connectivity index (χ0v) is 25.1. The lowest BCUT2D eigenvalue weighted by Crippen LogP contribution is -2.42. The number of amides is 2. The molecule has 4 aromatic rings. The van der Waals surface area contributed by atoms with Gasteiger partial charge in [0.1, 0.15) is 29.5 Å². The predicted molar refractivity (Wildman–Crippen MR) is 161 cm³/mol. The Morgan fingerprint density at radius 1 is 1.12 bits per heavy atom. The maximum Gasteiger partial charge on any atom is 0.415 e. The number of ether oxygens (including phenoxy) is 2. The highest BCUT2D eigenvalue weighted by Crippen LogP contribution is 2.56. The SMILES string of the molecule is CCC1[C@H](C(=O)Nc2cc3cc(-c4cnc5c(c4C)N(C(=O)OC(C)(C)C)CCO5)c(F)cc3cn2)[C@H]1c1cnn(C)c1. The quantitative estimate of drug-likeness (QED) is 0.306. The van der Waals surface area contributed by atoms with Crippen molar-refractivity contribution in [3.8, 4) is 17.0 Å². The summed E-state index contributed by atoms with van der Waals surface area (Å²) in [5, 5.41) is 8.52. The van der Waals surface area contributed by atoms with Crippen LogP contribution in [-0.4, -0.2) is 50.5 Å². The fourth-order valence-electron chi connectivity index (χ4n) is 6.07. The Balaban J connectivity index is 1.30. The fraction of sp³-hybridized carbons (Fsp3) is 0.406. The minimum atomic E-state index is -0.684. The van der Waals surface area contributed by atoms with Crippen molar-refractivity contribution in [2.24, 2.45) is 18.9 Å². The lowest BCUT2D eigenvalue weighted by Gasteiger charge is -2.32. The first-order valence-corrected chi connectivity index (χ1v) is 14.5. The van der Waals surface area contributed by atoms with Gasteiger partial charge in [0.2, 0.25) is 11.8 Å². The molecule has 43 heavy (non-hydrogen) atoms. The molecule has 1 N–H and O–H groups in total. The molecule has 0 bridgehead atoms. The maximum atomic E-state index is 15.5. The van der Waals surface area contributed by atoms with Gasteiger partial charge in [0, 0.05) is 54.0 Å². The van der Waals surface area contributed by atoms with Gasteiger partial charge in [-0.25, -0.2) is 19.2 Å². The summed E-state index contributed by atoms with van der Waals surface area (Å²) in [4.78, 5) is 36.6. The van der Waals surface area contributed by atoms with Gasteiger partial charge in [0.25, 0.3) is 0 Å².